The summed E-state index contributed by atoms with van der Waals surface area (Å²) in [6.07, 6.45) is 0. The lowest BCUT2D eigenvalue weighted by molar-refractivity contribution is -0.122. The van der Waals surface area contributed by atoms with E-state index in [0.717, 1.165) is 5.56 Å². The van der Waals surface area contributed by atoms with Crippen molar-refractivity contribution in [1.29, 1.82) is 0 Å². The highest BCUT2D eigenvalue weighted by Crippen LogP contribution is 2.16. The number of carbonyl (C=O) groups is 1. The van der Waals surface area contributed by atoms with Crippen LogP contribution < -0.4 is 11.1 Å². The number of nitrogens with two attached hydrogens (primary N) is 1. The molecule has 0 saturated heterocycles. The summed E-state index contributed by atoms with van der Waals surface area (Å²) < 4.78 is 18.6. The molecule has 1 rings (SSSR count). The topological polar surface area (TPSA) is 64.4 Å². The van der Waals surface area contributed by atoms with Gasteiger partial charge in [-0.15, -0.1) is 0 Å². The van der Waals surface area contributed by atoms with Crippen LogP contribution in [0, 0.1) is 5.82 Å². The molecule has 0 saturated carbocycles. The third kappa shape index (κ3) is 5.76. The number of nitrogens with one attached hydrogen (secondary N) is 1. The van der Waals surface area contributed by atoms with Crippen LogP contribution in [0.5, 0.6) is 0 Å². The van der Waals surface area contributed by atoms with Gasteiger partial charge in [-0.1, -0.05) is 6.07 Å². The van der Waals surface area contributed by atoms with Crippen LogP contribution in [0.3, 0.4) is 0 Å². The van der Waals surface area contributed by atoms with Crippen molar-refractivity contribution >= 4 is 21.8 Å². The lowest BCUT2D eigenvalue weighted by Gasteiger charge is -2.06. The molecule has 0 bridgehead atoms. The average molecular weight is 305 g/mol. The highest BCUT2D eigenvalue weighted by atomic mass is 79.9. The predicted molar refractivity (Wildman–Crippen MR) is 65.8 cm³/mol. The highest BCUT2D eigenvalue weighted by Gasteiger charge is 2.00. The van der Waals surface area contributed by atoms with Crippen molar-refractivity contribution < 1.29 is 13.9 Å². The Kier molecular flexibility index (Phi) is 6.10. The molecular weight excluding hydrogens is 291 g/mol. The molecule has 6 heteroatoms. The van der Waals surface area contributed by atoms with Gasteiger partial charge < -0.3 is 15.8 Å². The van der Waals surface area contributed by atoms with Gasteiger partial charge in [0, 0.05) is 13.1 Å². The van der Waals surface area contributed by atoms with Crippen molar-refractivity contribution in [3.8, 4) is 0 Å². The van der Waals surface area contributed by atoms with Crippen LogP contribution in [-0.4, -0.2) is 25.7 Å². The first-order valence-corrected chi connectivity index (χ1v) is 5.89. The standard InChI is InChI=1S/C11H14BrFN2O2/c12-9-2-1-8(5-10(9)13)6-15-3-4-17-7-11(14)16/h1-2,5,15H,3-4,6-7H2,(H2,14,16). The van der Waals surface area contributed by atoms with Gasteiger partial charge in [0.15, 0.2) is 0 Å². The monoisotopic (exact) mass is 304 g/mol. The fourth-order valence-electron chi connectivity index (χ4n) is 1.20. The summed E-state index contributed by atoms with van der Waals surface area (Å²) in [6, 6.07) is 4.95. The molecule has 1 amide bonds. The van der Waals surface area contributed by atoms with E-state index >= 15 is 0 Å². The molecule has 17 heavy (non-hydrogen) atoms. The molecule has 0 fully saturated rings. The van der Waals surface area contributed by atoms with E-state index in [1.807, 2.05) is 6.07 Å². The van der Waals surface area contributed by atoms with Crippen LogP contribution in [0.25, 0.3) is 0 Å². The van der Waals surface area contributed by atoms with Crippen LogP contribution in [0.4, 0.5) is 4.39 Å². The van der Waals surface area contributed by atoms with Crippen molar-refractivity contribution in [2.75, 3.05) is 19.8 Å². The Bertz CT molecular complexity index is 388. The van der Waals surface area contributed by atoms with E-state index in [2.05, 4.69) is 21.2 Å². The third-order valence-electron chi connectivity index (χ3n) is 1.98. The number of rotatable bonds is 7. The molecule has 0 aromatic heterocycles. The van der Waals surface area contributed by atoms with Crippen molar-refractivity contribution in [2.45, 2.75) is 6.54 Å². The summed E-state index contributed by atoms with van der Waals surface area (Å²) in [7, 11) is 0. The van der Waals surface area contributed by atoms with E-state index in [1.54, 1.807) is 6.07 Å². The zero-order valence-electron chi connectivity index (χ0n) is 9.21. The first-order chi connectivity index (χ1) is 8.09. The molecule has 0 spiro atoms. The van der Waals surface area contributed by atoms with Crippen LogP contribution in [0.2, 0.25) is 0 Å². The zero-order chi connectivity index (χ0) is 12.7. The summed E-state index contributed by atoms with van der Waals surface area (Å²) in [5.41, 5.74) is 5.75. The van der Waals surface area contributed by atoms with E-state index in [4.69, 9.17) is 10.5 Å². The smallest absolute Gasteiger partial charge is 0.243 e. The predicted octanol–water partition coefficient (Wildman–Crippen LogP) is 1.18. The molecule has 0 aliphatic heterocycles. The van der Waals surface area contributed by atoms with Gasteiger partial charge in [0.1, 0.15) is 12.4 Å². The van der Waals surface area contributed by atoms with Gasteiger partial charge in [-0.3, -0.25) is 4.79 Å². The summed E-state index contributed by atoms with van der Waals surface area (Å²) in [6.45, 7) is 1.44. The van der Waals surface area contributed by atoms with Gasteiger partial charge >= 0.3 is 0 Å². The first-order valence-electron chi connectivity index (χ1n) is 5.10. The molecule has 0 radical (unpaired) electrons. The summed E-state index contributed by atoms with van der Waals surface area (Å²) in [5, 5.41) is 3.06. The molecule has 94 valence electrons. The summed E-state index contributed by atoms with van der Waals surface area (Å²) >= 11 is 3.09. The lowest BCUT2D eigenvalue weighted by Crippen LogP contribution is -2.23. The molecule has 3 N–H and O–H groups in total. The lowest BCUT2D eigenvalue weighted by atomic mass is 10.2. The highest BCUT2D eigenvalue weighted by molar-refractivity contribution is 9.10. The van der Waals surface area contributed by atoms with Crippen molar-refractivity contribution in [2.24, 2.45) is 5.73 Å². The zero-order valence-corrected chi connectivity index (χ0v) is 10.8. The second-order valence-electron chi connectivity index (χ2n) is 3.44. The van der Waals surface area contributed by atoms with E-state index in [-0.39, 0.29) is 12.4 Å². The van der Waals surface area contributed by atoms with E-state index in [1.165, 1.54) is 6.07 Å². The fourth-order valence-corrected chi connectivity index (χ4v) is 1.45. The minimum absolute atomic E-state index is 0.0748. The normalized spacial score (nSPS) is 10.5. The van der Waals surface area contributed by atoms with Gasteiger partial charge in [-0.25, -0.2) is 4.39 Å². The fraction of sp³-hybridized carbons (Fsp3) is 0.364. The first kappa shape index (κ1) is 14.1. The molecule has 0 atom stereocenters. The molecule has 0 heterocycles. The van der Waals surface area contributed by atoms with Gasteiger partial charge in [0.2, 0.25) is 5.91 Å². The average Bonchev–Trinajstić information content (AvgIpc) is 2.27. The Hall–Kier alpha value is -0.980. The Labute approximate surface area is 107 Å². The maximum Gasteiger partial charge on any atom is 0.243 e. The Balaban J connectivity index is 2.18. The van der Waals surface area contributed by atoms with E-state index in [0.29, 0.717) is 24.2 Å². The molecule has 0 unspecified atom stereocenters. The quantitative estimate of drug-likeness (QED) is 0.744. The third-order valence-corrected chi connectivity index (χ3v) is 2.62. The molecule has 0 aliphatic carbocycles. The second-order valence-corrected chi connectivity index (χ2v) is 4.30. The summed E-state index contributed by atoms with van der Waals surface area (Å²) in [5.74, 6) is -0.769. The number of hydrogen-bond acceptors (Lipinski definition) is 3. The van der Waals surface area contributed by atoms with Gasteiger partial charge in [0.05, 0.1) is 11.1 Å². The number of amides is 1. The van der Waals surface area contributed by atoms with Gasteiger partial charge in [-0.2, -0.15) is 0 Å². The van der Waals surface area contributed by atoms with Crippen molar-refractivity contribution in [3.63, 3.8) is 0 Å². The number of ether oxygens (including phenoxy) is 1. The molecular formula is C11H14BrFN2O2. The van der Waals surface area contributed by atoms with Crippen LogP contribution in [0.1, 0.15) is 5.56 Å². The Morgan fingerprint density at radius 1 is 1.53 bits per heavy atom. The number of benzene rings is 1. The largest absolute Gasteiger partial charge is 0.370 e. The molecule has 0 aliphatic rings. The molecule has 4 nitrogen and oxygen atoms in total. The van der Waals surface area contributed by atoms with Gasteiger partial charge in [-0.05, 0) is 33.6 Å². The number of halogens is 2. The Morgan fingerprint density at radius 2 is 2.29 bits per heavy atom. The minimum atomic E-state index is -0.486. The van der Waals surface area contributed by atoms with Gasteiger partial charge in [0.25, 0.3) is 0 Å². The van der Waals surface area contributed by atoms with E-state index < -0.39 is 5.91 Å². The van der Waals surface area contributed by atoms with Crippen molar-refractivity contribution in [1.82, 2.24) is 5.32 Å². The summed E-state index contributed by atoms with van der Waals surface area (Å²) in [4.78, 5) is 10.4. The van der Waals surface area contributed by atoms with Crippen molar-refractivity contribution in [3.05, 3.63) is 34.1 Å². The second kappa shape index (κ2) is 7.37. The molecule has 1 aromatic rings. The van der Waals surface area contributed by atoms with E-state index in [9.17, 15) is 9.18 Å². The minimum Gasteiger partial charge on any atom is -0.370 e. The number of primary amides is 1. The SMILES string of the molecule is NC(=O)COCCNCc1ccc(Br)c(F)c1. The number of carbonyl (C=O) groups excluding carboxylic acids is 1. The van der Waals surface area contributed by atoms with Crippen LogP contribution in [0.15, 0.2) is 22.7 Å². The molecule has 1 aromatic carbocycles. The number of hydrogen-bond donors (Lipinski definition) is 2. The van der Waals surface area contributed by atoms with Crippen LogP contribution >= 0.6 is 15.9 Å². The van der Waals surface area contributed by atoms with Crippen LogP contribution in [-0.2, 0) is 16.1 Å². The Morgan fingerprint density at radius 3 is 2.94 bits per heavy atom. The maximum absolute atomic E-state index is 13.1. The maximum atomic E-state index is 13.1.